The molecule has 5 nitrogen and oxygen atoms in total. The number of nitrogens with one attached hydrogen (secondary N) is 1. The van der Waals surface area contributed by atoms with Crippen LogP contribution in [0.1, 0.15) is 19.3 Å². The molecule has 0 aliphatic heterocycles. The second-order valence-corrected chi connectivity index (χ2v) is 11.5. The molecule has 4 unspecified atom stereocenters. The third kappa shape index (κ3) is 3.79. The highest BCUT2D eigenvalue weighted by molar-refractivity contribution is 6.71. The van der Waals surface area contributed by atoms with E-state index in [1.807, 2.05) is 12.2 Å². The Hall–Kier alpha value is -1.14. The molecule has 1 amide bonds. The highest BCUT2D eigenvalue weighted by atomic mass is 28.4. The van der Waals surface area contributed by atoms with E-state index in [9.17, 15) is 14.7 Å². The molecule has 22 heavy (non-hydrogen) atoms. The monoisotopic (exact) mass is 325 g/mol. The summed E-state index contributed by atoms with van der Waals surface area (Å²) in [6, 6.07) is 0.989. The van der Waals surface area contributed by atoms with E-state index in [-0.39, 0.29) is 17.7 Å². The van der Waals surface area contributed by atoms with Crippen LogP contribution in [-0.4, -0.2) is 39.0 Å². The first-order valence-corrected chi connectivity index (χ1v) is 11.2. The molecule has 0 saturated heterocycles. The van der Waals surface area contributed by atoms with Crippen molar-refractivity contribution in [3.05, 3.63) is 12.2 Å². The number of hydrogen-bond acceptors (Lipinski definition) is 3. The number of fused-ring (bicyclic) bond motifs is 2. The number of carboxylic acids is 1. The number of carbonyl (C=O) groups is 2. The minimum Gasteiger partial charge on any atom is -0.481 e. The number of carboxylic acid groups (broad SMARTS) is 1. The van der Waals surface area contributed by atoms with E-state index in [2.05, 4.69) is 18.4 Å². The van der Waals surface area contributed by atoms with Gasteiger partial charge in [0, 0.05) is 13.7 Å². The number of carbonyl (C=O) groups excluding carboxylic acids is 1. The molecular weight excluding hydrogens is 298 g/mol. The molecule has 0 spiro atoms. The van der Waals surface area contributed by atoms with Gasteiger partial charge in [0.15, 0.2) is 8.32 Å². The number of amides is 1. The molecule has 3 rings (SSSR count). The zero-order chi connectivity index (χ0) is 16.3. The fourth-order valence-corrected chi connectivity index (χ4v) is 4.87. The summed E-state index contributed by atoms with van der Waals surface area (Å²) in [5.74, 6) is -1.81. The van der Waals surface area contributed by atoms with Crippen LogP contribution in [0, 0.1) is 23.7 Å². The second-order valence-electron chi connectivity index (χ2n) is 7.04. The Bertz CT molecular complexity index is 463. The summed E-state index contributed by atoms with van der Waals surface area (Å²) in [5, 5.41) is 12.4. The Morgan fingerprint density at radius 1 is 1.23 bits per heavy atom. The molecule has 0 aromatic rings. The van der Waals surface area contributed by atoms with Crippen LogP contribution in [0.15, 0.2) is 12.2 Å². The summed E-state index contributed by atoms with van der Waals surface area (Å²) in [7, 11) is 0.153. The first kappa shape index (κ1) is 17.2. The molecule has 2 N–H and O–H groups in total. The van der Waals surface area contributed by atoms with Gasteiger partial charge in [-0.05, 0) is 50.2 Å². The maximum absolute atomic E-state index is 12.5. The van der Waals surface area contributed by atoms with Crippen molar-refractivity contribution in [1.29, 1.82) is 0 Å². The summed E-state index contributed by atoms with van der Waals surface area (Å²) >= 11 is 0. The Morgan fingerprint density at radius 2 is 1.82 bits per heavy atom. The number of hydrogen-bond donors (Lipinski definition) is 2. The summed E-state index contributed by atoms with van der Waals surface area (Å²) in [5.41, 5.74) is 0. The van der Waals surface area contributed by atoms with Gasteiger partial charge in [0.25, 0.3) is 0 Å². The van der Waals surface area contributed by atoms with Gasteiger partial charge in [-0.1, -0.05) is 12.2 Å². The van der Waals surface area contributed by atoms with Gasteiger partial charge in [-0.15, -0.1) is 0 Å². The van der Waals surface area contributed by atoms with Gasteiger partial charge in [0.1, 0.15) is 0 Å². The summed E-state index contributed by atoms with van der Waals surface area (Å²) in [6.07, 6.45) is 6.72. The quantitative estimate of drug-likeness (QED) is 0.428. The van der Waals surface area contributed by atoms with Crippen LogP contribution in [0.3, 0.4) is 0 Å². The molecule has 1 fully saturated rings. The third-order valence-corrected chi connectivity index (χ3v) is 7.81. The minimum atomic E-state index is -1.59. The van der Waals surface area contributed by atoms with Crippen molar-refractivity contribution in [1.82, 2.24) is 5.32 Å². The van der Waals surface area contributed by atoms with Crippen LogP contribution in [0.25, 0.3) is 0 Å². The van der Waals surface area contributed by atoms with Gasteiger partial charge in [-0.25, -0.2) is 0 Å². The van der Waals surface area contributed by atoms with Gasteiger partial charge in [-0.3, -0.25) is 9.59 Å². The minimum absolute atomic E-state index is 0.0121. The zero-order valence-electron chi connectivity index (χ0n) is 13.7. The van der Waals surface area contributed by atoms with Crippen molar-refractivity contribution in [3.63, 3.8) is 0 Å². The lowest BCUT2D eigenvalue weighted by atomic mass is 9.62. The lowest BCUT2D eigenvalue weighted by Gasteiger charge is -2.41. The molecule has 2 bridgehead atoms. The molecule has 124 valence electrons. The first-order chi connectivity index (χ1) is 10.4. The van der Waals surface area contributed by atoms with E-state index < -0.39 is 26.1 Å². The van der Waals surface area contributed by atoms with E-state index in [0.717, 1.165) is 25.3 Å². The fraction of sp³-hybridized carbons (Fsp3) is 0.750. The van der Waals surface area contributed by atoms with Gasteiger partial charge < -0.3 is 14.8 Å². The maximum Gasteiger partial charge on any atom is 0.307 e. The average Bonchev–Trinajstić information content (AvgIpc) is 2.51. The molecule has 0 heterocycles. The Kier molecular flexibility index (Phi) is 5.44. The molecule has 4 atom stereocenters. The first-order valence-electron chi connectivity index (χ1n) is 8.10. The SMILES string of the molecule is CO[Si](C)(C)CCCNC(=O)C1C2C=CC(CC2)C1C(=O)O. The lowest BCUT2D eigenvalue weighted by molar-refractivity contribution is -0.152. The standard InChI is InChI=1S/C16H27NO4Si/c1-21-22(2,3)10-4-9-17-15(18)13-11-5-7-12(8-6-11)14(13)16(19)20/h5,7,11-14H,4,6,8-10H2,1-3H3,(H,17,18)(H,19,20). The van der Waals surface area contributed by atoms with E-state index in [1.54, 1.807) is 7.11 Å². The highest BCUT2D eigenvalue weighted by Crippen LogP contribution is 2.45. The number of rotatable bonds is 7. The van der Waals surface area contributed by atoms with Gasteiger partial charge in [0.05, 0.1) is 11.8 Å². The molecular formula is C16H27NO4Si. The molecule has 0 aromatic heterocycles. The highest BCUT2D eigenvalue weighted by Gasteiger charge is 2.48. The average molecular weight is 325 g/mol. The van der Waals surface area contributed by atoms with E-state index >= 15 is 0 Å². The Morgan fingerprint density at radius 3 is 2.32 bits per heavy atom. The summed E-state index contributed by atoms with van der Waals surface area (Å²) in [4.78, 5) is 24.0. The van der Waals surface area contributed by atoms with Gasteiger partial charge in [0.2, 0.25) is 5.91 Å². The van der Waals surface area contributed by atoms with Crippen LogP contribution in [-0.2, 0) is 14.0 Å². The van der Waals surface area contributed by atoms with Crippen molar-refractivity contribution in [2.24, 2.45) is 23.7 Å². The van der Waals surface area contributed by atoms with Crippen LogP contribution >= 0.6 is 0 Å². The Balaban J connectivity index is 1.89. The molecule has 0 radical (unpaired) electrons. The normalized spacial score (nSPS) is 30.3. The fourth-order valence-electron chi connectivity index (χ4n) is 3.63. The number of allylic oxidation sites excluding steroid dienone is 2. The summed E-state index contributed by atoms with van der Waals surface area (Å²) < 4.78 is 5.49. The Labute approximate surface area is 133 Å². The van der Waals surface area contributed by atoms with Gasteiger partial charge >= 0.3 is 5.97 Å². The predicted molar refractivity (Wildman–Crippen MR) is 86.9 cm³/mol. The van der Waals surface area contributed by atoms with E-state index in [4.69, 9.17) is 4.43 Å². The van der Waals surface area contributed by atoms with Crippen molar-refractivity contribution in [2.75, 3.05) is 13.7 Å². The molecule has 3 aliphatic carbocycles. The molecule has 0 aromatic carbocycles. The van der Waals surface area contributed by atoms with Crippen molar-refractivity contribution in [3.8, 4) is 0 Å². The van der Waals surface area contributed by atoms with Gasteiger partial charge in [-0.2, -0.15) is 0 Å². The second kappa shape index (κ2) is 6.96. The van der Waals surface area contributed by atoms with Crippen molar-refractivity contribution in [2.45, 2.75) is 38.4 Å². The van der Waals surface area contributed by atoms with E-state index in [0.29, 0.717) is 6.54 Å². The largest absolute Gasteiger partial charge is 0.481 e. The van der Waals surface area contributed by atoms with Crippen molar-refractivity contribution < 1.29 is 19.1 Å². The third-order valence-electron chi connectivity index (χ3n) is 5.14. The molecule has 6 heteroatoms. The topological polar surface area (TPSA) is 75.6 Å². The number of aliphatic carboxylic acids is 1. The zero-order valence-corrected chi connectivity index (χ0v) is 14.7. The maximum atomic E-state index is 12.5. The van der Waals surface area contributed by atoms with Crippen LogP contribution in [0.4, 0.5) is 0 Å². The van der Waals surface area contributed by atoms with Crippen LogP contribution < -0.4 is 5.32 Å². The lowest BCUT2D eigenvalue weighted by Crippen LogP contribution is -2.49. The molecule has 3 aliphatic rings. The van der Waals surface area contributed by atoms with Crippen LogP contribution in [0.2, 0.25) is 19.1 Å². The van der Waals surface area contributed by atoms with Crippen molar-refractivity contribution >= 4 is 20.2 Å². The molecule has 1 saturated carbocycles. The summed E-state index contributed by atoms with van der Waals surface area (Å²) in [6.45, 7) is 4.91. The smallest absolute Gasteiger partial charge is 0.307 e. The van der Waals surface area contributed by atoms with E-state index in [1.165, 1.54) is 0 Å². The van der Waals surface area contributed by atoms with Crippen LogP contribution in [0.5, 0.6) is 0 Å². The predicted octanol–water partition coefficient (Wildman–Crippen LogP) is 2.26.